The third-order valence-corrected chi connectivity index (χ3v) is 3.20. The summed E-state index contributed by atoms with van der Waals surface area (Å²) in [5.41, 5.74) is 0. The van der Waals surface area contributed by atoms with Crippen LogP contribution >= 0.6 is 0 Å². The van der Waals surface area contributed by atoms with Crippen molar-refractivity contribution in [2.24, 2.45) is 11.8 Å². The molecule has 4 heteroatoms. The van der Waals surface area contributed by atoms with E-state index in [0.717, 1.165) is 19.3 Å². The number of aliphatic hydroxyl groups is 2. The minimum atomic E-state index is -0.638. The first-order valence-corrected chi connectivity index (χ1v) is 5.20. The van der Waals surface area contributed by atoms with Crippen molar-refractivity contribution in [2.45, 2.75) is 37.9 Å². The lowest BCUT2D eigenvalue weighted by Crippen LogP contribution is -2.28. The molecule has 1 saturated carbocycles. The number of carbonyl (C=O) groups is 1. The summed E-state index contributed by atoms with van der Waals surface area (Å²) >= 11 is 0. The second-order valence-corrected chi connectivity index (χ2v) is 4.23. The number of ether oxygens (including phenoxy) is 1. The number of hydrogen-bond acceptors (Lipinski definition) is 4. The van der Waals surface area contributed by atoms with E-state index in [1.807, 2.05) is 0 Å². The molecule has 1 aliphatic carbocycles. The Morgan fingerprint density at radius 2 is 2.36 bits per heavy atom. The molecule has 0 aromatic rings. The second kappa shape index (κ2) is 3.87. The summed E-state index contributed by atoms with van der Waals surface area (Å²) in [6.45, 7) is -0.193. The van der Waals surface area contributed by atoms with E-state index in [1.165, 1.54) is 0 Å². The quantitative estimate of drug-likeness (QED) is 0.633. The van der Waals surface area contributed by atoms with Crippen molar-refractivity contribution in [2.75, 3.05) is 6.61 Å². The standard InChI is InChI=1S/C10H16O4/c11-5-8(12)6-4-7(6)9-2-1-3-10(13)14-9/h6-9,11-12H,1-5H2/t6-,7-,8-,9-/m0/s1. The van der Waals surface area contributed by atoms with E-state index >= 15 is 0 Å². The van der Waals surface area contributed by atoms with Crippen LogP contribution < -0.4 is 0 Å². The van der Waals surface area contributed by atoms with Crippen LogP contribution in [0.1, 0.15) is 25.7 Å². The topological polar surface area (TPSA) is 66.8 Å². The molecule has 80 valence electrons. The summed E-state index contributed by atoms with van der Waals surface area (Å²) in [4.78, 5) is 11.0. The van der Waals surface area contributed by atoms with Gasteiger partial charge in [0.25, 0.3) is 0 Å². The molecule has 0 amide bonds. The molecule has 0 unspecified atom stereocenters. The van der Waals surface area contributed by atoms with E-state index in [4.69, 9.17) is 9.84 Å². The highest BCUT2D eigenvalue weighted by atomic mass is 16.5. The Morgan fingerprint density at radius 3 is 3.00 bits per heavy atom. The Bertz CT molecular complexity index is 228. The molecular weight excluding hydrogens is 184 g/mol. The minimum Gasteiger partial charge on any atom is -0.462 e. The summed E-state index contributed by atoms with van der Waals surface area (Å²) in [6.07, 6.45) is 2.55. The number of cyclic esters (lactones) is 1. The van der Waals surface area contributed by atoms with E-state index in [1.54, 1.807) is 0 Å². The van der Waals surface area contributed by atoms with Gasteiger partial charge in [-0.05, 0) is 25.2 Å². The molecule has 4 atom stereocenters. The predicted octanol–water partition coefficient (Wildman–Crippen LogP) is 0.0714. The van der Waals surface area contributed by atoms with Crippen molar-refractivity contribution in [3.8, 4) is 0 Å². The number of carbonyl (C=O) groups excluding carboxylic acids is 1. The third-order valence-electron chi connectivity index (χ3n) is 3.20. The first-order chi connectivity index (χ1) is 6.72. The van der Waals surface area contributed by atoms with Crippen LogP contribution in [-0.4, -0.2) is 35.0 Å². The zero-order chi connectivity index (χ0) is 10.1. The van der Waals surface area contributed by atoms with Crippen LogP contribution in [0.25, 0.3) is 0 Å². The van der Waals surface area contributed by atoms with Gasteiger partial charge in [0, 0.05) is 12.3 Å². The Labute approximate surface area is 82.9 Å². The summed E-state index contributed by atoms with van der Waals surface area (Å²) in [5, 5.41) is 18.1. The average Bonchev–Trinajstić information content (AvgIpc) is 2.96. The fraction of sp³-hybridized carbons (Fsp3) is 0.900. The Hall–Kier alpha value is -0.610. The van der Waals surface area contributed by atoms with Crippen molar-refractivity contribution in [3.63, 3.8) is 0 Å². The van der Waals surface area contributed by atoms with Crippen molar-refractivity contribution in [1.82, 2.24) is 0 Å². The van der Waals surface area contributed by atoms with E-state index in [-0.39, 0.29) is 30.5 Å². The molecule has 0 radical (unpaired) electrons. The van der Waals surface area contributed by atoms with E-state index < -0.39 is 6.10 Å². The van der Waals surface area contributed by atoms with Crippen LogP contribution in [0.5, 0.6) is 0 Å². The van der Waals surface area contributed by atoms with Crippen LogP contribution in [0.15, 0.2) is 0 Å². The van der Waals surface area contributed by atoms with Crippen molar-refractivity contribution >= 4 is 5.97 Å². The molecule has 1 aliphatic heterocycles. The van der Waals surface area contributed by atoms with E-state index in [9.17, 15) is 9.90 Å². The predicted molar refractivity (Wildman–Crippen MR) is 48.4 cm³/mol. The van der Waals surface area contributed by atoms with Gasteiger partial charge in [-0.2, -0.15) is 0 Å². The van der Waals surface area contributed by atoms with Gasteiger partial charge >= 0.3 is 5.97 Å². The molecule has 1 saturated heterocycles. The lowest BCUT2D eigenvalue weighted by molar-refractivity contribution is -0.155. The molecule has 14 heavy (non-hydrogen) atoms. The Kier molecular flexibility index (Phi) is 2.74. The molecule has 2 fully saturated rings. The fourth-order valence-electron chi connectivity index (χ4n) is 2.28. The minimum absolute atomic E-state index is 0.0116. The molecule has 0 aromatic carbocycles. The molecule has 0 aromatic heterocycles. The van der Waals surface area contributed by atoms with Crippen LogP contribution in [-0.2, 0) is 9.53 Å². The molecule has 0 spiro atoms. The number of rotatable bonds is 3. The molecule has 0 bridgehead atoms. The van der Waals surface area contributed by atoms with E-state index in [0.29, 0.717) is 6.42 Å². The first kappa shape index (κ1) is 9.93. The highest BCUT2D eigenvalue weighted by Crippen LogP contribution is 2.46. The number of esters is 1. The van der Waals surface area contributed by atoms with Crippen LogP contribution in [0.4, 0.5) is 0 Å². The van der Waals surface area contributed by atoms with Gasteiger partial charge in [-0.25, -0.2) is 0 Å². The maximum atomic E-state index is 11.0. The van der Waals surface area contributed by atoms with Crippen LogP contribution in [0.3, 0.4) is 0 Å². The number of aliphatic hydroxyl groups excluding tert-OH is 2. The molecule has 2 aliphatic rings. The van der Waals surface area contributed by atoms with Gasteiger partial charge in [-0.3, -0.25) is 4.79 Å². The monoisotopic (exact) mass is 200 g/mol. The van der Waals surface area contributed by atoms with Gasteiger partial charge in [0.1, 0.15) is 6.10 Å². The van der Waals surface area contributed by atoms with Crippen LogP contribution in [0, 0.1) is 11.8 Å². The normalized spacial score (nSPS) is 39.0. The largest absolute Gasteiger partial charge is 0.462 e. The molecule has 1 heterocycles. The highest BCUT2D eigenvalue weighted by Gasteiger charge is 2.48. The number of hydrogen-bond donors (Lipinski definition) is 2. The van der Waals surface area contributed by atoms with Gasteiger partial charge in [-0.15, -0.1) is 0 Å². The van der Waals surface area contributed by atoms with Crippen LogP contribution in [0.2, 0.25) is 0 Å². The van der Waals surface area contributed by atoms with Crippen molar-refractivity contribution in [1.29, 1.82) is 0 Å². The molecule has 2 rings (SSSR count). The van der Waals surface area contributed by atoms with Crippen molar-refractivity contribution < 1.29 is 19.7 Å². The molecular formula is C10H16O4. The second-order valence-electron chi connectivity index (χ2n) is 4.23. The highest BCUT2D eigenvalue weighted by molar-refractivity contribution is 5.70. The van der Waals surface area contributed by atoms with Crippen molar-refractivity contribution in [3.05, 3.63) is 0 Å². The summed E-state index contributed by atoms with van der Waals surface area (Å²) in [6, 6.07) is 0. The zero-order valence-corrected chi connectivity index (χ0v) is 8.06. The lowest BCUT2D eigenvalue weighted by atomic mass is 10.0. The maximum absolute atomic E-state index is 11.0. The average molecular weight is 200 g/mol. The fourth-order valence-corrected chi connectivity index (χ4v) is 2.28. The maximum Gasteiger partial charge on any atom is 0.306 e. The Morgan fingerprint density at radius 1 is 1.57 bits per heavy atom. The Balaban J connectivity index is 1.83. The summed E-state index contributed by atoms with van der Waals surface area (Å²) < 4.78 is 5.20. The van der Waals surface area contributed by atoms with Gasteiger partial charge in [0.15, 0.2) is 0 Å². The summed E-state index contributed by atoms with van der Waals surface area (Å²) in [7, 11) is 0. The van der Waals surface area contributed by atoms with Gasteiger partial charge in [0.2, 0.25) is 0 Å². The summed E-state index contributed by atoms with van der Waals surface area (Å²) in [5.74, 6) is 0.294. The molecule has 4 nitrogen and oxygen atoms in total. The lowest BCUT2D eigenvalue weighted by Gasteiger charge is -2.22. The smallest absolute Gasteiger partial charge is 0.306 e. The van der Waals surface area contributed by atoms with E-state index in [2.05, 4.69) is 0 Å². The van der Waals surface area contributed by atoms with Gasteiger partial charge < -0.3 is 14.9 Å². The van der Waals surface area contributed by atoms with Gasteiger partial charge in [0.05, 0.1) is 12.7 Å². The van der Waals surface area contributed by atoms with Gasteiger partial charge in [-0.1, -0.05) is 0 Å². The SMILES string of the molecule is O=C1CCC[C@@H]([C@H]2C[C@@H]2[C@@H](O)CO)O1. The zero-order valence-electron chi connectivity index (χ0n) is 8.06. The third kappa shape index (κ3) is 1.91. The first-order valence-electron chi connectivity index (χ1n) is 5.20. The molecule has 2 N–H and O–H groups in total.